The SMILES string of the molecule is CCCCCCCCCCCCCC(=O)OC[C@@H](COC(=O)CCCCCCCCCCC(C)CC)OC(=O)CCCCCCCCCCCCCCCCCCCCC(C)C. The molecule has 0 rings (SSSR count). The molecular formula is C56H108O6. The number of carbonyl (C=O) groups is 3. The van der Waals surface area contributed by atoms with Gasteiger partial charge in [-0.2, -0.15) is 0 Å². The highest BCUT2D eigenvalue weighted by Crippen LogP contribution is 2.18. The zero-order chi connectivity index (χ0) is 45.4. The molecule has 0 aromatic heterocycles. The van der Waals surface area contributed by atoms with E-state index in [4.69, 9.17) is 14.2 Å². The van der Waals surface area contributed by atoms with Crippen LogP contribution < -0.4 is 0 Å². The molecule has 0 aliphatic rings. The van der Waals surface area contributed by atoms with E-state index in [1.807, 2.05) is 0 Å². The summed E-state index contributed by atoms with van der Waals surface area (Å²) in [6, 6.07) is 0. The van der Waals surface area contributed by atoms with Gasteiger partial charge in [0.05, 0.1) is 0 Å². The maximum absolute atomic E-state index is 12.8. The van der Waals surface area contributed by atoms with Gasteiger partial charge in [0.1, 0.15) is 13.2 Å². The van der Waals surface area contributed by atoms with Crippen molar-refractivity contribution < 1.29 is 28.6 Å². The van der Waals surface area contributed by atoms with E-state index in [0.29, 0.717) is 19.3 Å². The molecule has 0 spiro atoms. The van der Waals surface area contributed by atoms with Crippen LogP contribution in [0.25, 0.3) is 0 Å². The first-order valence-corrected chi connectivity index (χ1v) is 27.8. The first-order chi connectivity index (χ1) is 30.3. The normalized spacial score (nSPS) is 12.5. The second-order valence-electron chi connectivity index (χ2n) is 19.9. The molecule has 1 unspecified atom stereocenters. The largest absolute Gasteiger partial charge is 0.462 e. The van der Waals surface area contributed by atoms with Crippen molar-refractivity contribution in [3.8, 4) is 0 Å². The predicted molar refractivity (Wildman–Crippen MR) is 266 cm³/mol. The molecule has 0 saturated heterocycles. The van der Waals surface area contributed by atoms with Crippen LogP contribution in [0.4, 0.5) is 0 Å². The van der Waals surface area contributed by atoms with Crippen LogP contribution in [-0.4, -0.2) is 37.2 Å². The molecule has 0 N–H and O–H groups in total. The third-order valence-corrected chi connectivity index (χ3v) is 13.1. The number of rotatable bonds is 50. The second-order valence-corrected chi connectivity index (χ2v) is 19.9. The Bertz CT molecular complexity index is 949. The van der Waals surface area contributed by atoms with E-state index in [0.717, 1.165) is 69.6 Å². The second kappa shape index (κ2) is 48.9. The van der Waals surface area contributed by atoms with Crippen molar-refractivity contribution >= 4 is 17.9 Å². The molecule has 6 nitrogen and oxygen atoms in total. The molecule has 0 saturated carbocycles. The van der Waals surface area contributed by atoms with Crippen molar-refractivity contribution in [3.63, 3.8) is 0 Å². The van der Waals surface area contributed by atoms with Crippen LogP contribution in [0.5, 0.6) is 0 Å². The molecule has 368 valence electrons. The molecule has 0 aliphatic carbocycles. The number of hydrogen-bond donors (Lipinski definition) is 0. The monoisotopic (exact) mass is 877 g/mol. The van der Waals surface area contributed by atoms with Gasteiger partial charge in [-0.05, 0) is 31.1 Å². The lowest BCUT2D eigenvalue weighted by Gasteiger charge is -2.18. The van der Waals surface area contributed by atoms with E-state index in [9.17, 15) is 14.4 Å². The van der Waals surface area contributed by atoms with Gasteiger partial charge in [-0.15, -0.1) is 0 Å². The van der Waals surface area contributed by atoms with Gasteiger partial charge >= 0.3 is 17.9 Å². The molecular weight excluding hydrogens is 769 g/mol. The van der Waals surface area contributed by atoms with Crippen LogP contribution in [0.3, 0.4) is 0 Å². The van der Waals surface area contributed by atoms with Crippen molar-refractivity contribution in [2.45, 2.75) is 317 Å². The van der Waals surface area contributed by atoms with Crippen molar-refractivity contribution in [1.29, 1.82) is 0 Å². The van der Waals surface area contributed by atoms with E-state index in [-0.39, 0.29) is 31.1 Å². The maximum atomic E-state index is 12.8. The number of hydrogen-bond acceptors (Lipinski definition) is 6. The maximum Gasteiger partial charge on any atom is 0.306 e. The topological polar surface area (TPSA) is 78.9 Å². The van der Waals surface area contributed by atoms with Crippen molar-refractivity contribution in [1.82, 2.24) is 0 Å². The average Bonchev–Trinajstić information content (AvgIpc) is 3.26. The zero-order valence-corrected chi connectivity index (χ0v) is 42.5. The molecule has 0 aliphatic heterocycles. The van der Waals surface area contributed by atoms with Crippen molar-refractivity contribution in [2.24, 2.45) is 11.8 Å². The van der Waals surface area contributed by atoms with Gasteiger partial charge in [0.25, 0.3) is 0 Å². The fourth-order valence-electron chi connectivity index (χ4n) is 8.49. The first-order valence-electron chi connectivity index (χ1n) is 27.8. The highest BCUT2D eigenvalue weighted by atomic mass is 16.6. The minimum atomic E-state index is -0.762. The van der Waals surface area contributed by atoms with Gasteiger partial charge < -0.3 is 14.2 Å². The number of carbonyl (C=O) groups excluding carboxylic acids is 3. The average molecular weight is 877 g/mol. The van der Waals surface area contributed by atoms with Crippen LogP contribution in [0.15, 0.2) is 0 Å². The third-order valence-electron chi connectivity index (χ3n) is 13.1. The lowest BCUT2D eigenvalue weighted by Crippen LogP contribution is -2.30. The van der Waals surface area contributed by atoms with E-state index in [1.165, 1.54) is 199 Å². The Kier molecular flexibility index (Phi) is 47.6. The van der Waals surface area contributed by atoms with Gasteiger partial charge in [0, 0.05) is 19.3 Å². The zero-order valence-electron chi connectivity index (χ0n) is 42.5. The Hall–Kier alpha value is -1.59. The fourth-order valence-corrected chi connectivity index (χ4v) is 8.49. The molecule has 2 atom stereocenters. The lowest BCUT2D eigenvalue weighted by atomic mass is 9.99. The summed E-state index contributed by atoms with van der Waals surface area (Å²) in [5.41, 5.74) is 0. The van der Waals surface area contributed by atoms with Crippen LogP contribution in [0.2, 0.25) is 0 Å². The Labute approximate surface area is 387 Å². The summed E-state index contributed by atoms with van der Waals surface area (Å²) in [6.45, 7) is 11.4. The fraction of sp³-hybridized carbons (Fsp3) is 0.946. The number of unbranched alkanes of at least 4 members (excludes halogenated alkanes) is 34. The molecule has 0 aromatic rings. The van der Waals surface area contributed by atoms with E-state index in [2.05, 4.69) is 34.6 Å². The summed E-state index contributed by atoms with van der Waals surface area (Å²) < 4.78 is 16.8. The molecule has 0 fully saturated rings. The van der Waals surface area contributed by atoms with Crippen molar-refractivity contribution in [2.75, 3.05) is 13.2 Å². The minimum absolute atomic E-state index is 0.0635. The van der Waals surface area contributed by atoms with Crippen LogP contribution in [-0.2, 0) is 28.6 Å². The third kappa shape index (κ3) is 47.9. The first kappa shape index (κ1) is 60.4. The number of ether oxygens (including phenoxy) is 3. The highest BCUT2D eigenvalue weighted by molar-refractivity contribution is 5.71. The molecule has 0 amide bonds. The van der Waals surface area contributed by atoms with Crippen LogP contribution in [0.1, 0.15) is 311 Å². The Morgan fingerprint density at radius 2 is 0.613 bits per heavy atom. The van der Waals surface area contributed by atoms with E-state index < -0.39 is 6.10 Å². The molecule has 0 aromatic carbocycles. The number of esters is 3. The lowest BCUT2D eigenvalue weighted by molar-refractivity contribution is -0.167. The molecule has 0 bridgehead atoms. The summed E-state index contributed by atoms with van der Waals surface area (Å²) in [7, 11) is 0. The summed E-state index contributed by atoms with van der Waals surface area (Å²) in [4.78, 5) is 38.0. The van der Waals surface area contributed by atoms with E-state index in [1.54, 1.807) is 0 Å². The smallest absolute Gasteiger partial charge is 0.306 e. The Morgan fingerprint density at radius 1 is 0.339 bits per heavy atom. The Morgan fingerprint density at radius 3 is 0.919 bits per heavy atom. The van der Waals surface area contributed by atoms with Crippen LogP contribution >= 0.6 is 0 Å². The molecule has 6 heteroatoms. The highest BCUT2D eigenvalue weighted by Gasteiger charge is 2.19. The molecule has 62 heavy (non-hydrogen) atoms. The van der Waals surface area contributed by atoms with Gasteiger partial charge in [-0.3, -0.25) is 14.4 Å². The van der Waals surface area contributed by atoms with Crippen LogP contribution in [0, 0.1) is 11.8 Å². The summed E-state index contributed by atoms with van der Waals surface area (Å²) in [6.07, 6.45) is 50.9. The molecule has 0 heterocycles. The van der Waals surface area contributed by atoms with E-state index >= 15 is 0 Å². The van der Waals surface area contributed by atoms with Gasteiger partial charge in [0.15, 0.2) is 6.10 Å². The standard InChI is InChI=1S/C56H108O6/c1-6-8-9-10-11-12-21-25-31-36-41-46-54(57)60-49-53(50-61-55(58)47-42-37-32-28-27-30-35-40-45-52(5)7-2)62-56(59)48-43-38-33-26-23-20-18-16-14-13-15-17-19-22-24-29-34-39-44-51(3)4/h51-53H,6-50H2,1-5H3/t52?,53-/m0/s1. The Balaban J connectivity index is 4.23. The quantitative estimate of drug-likeness (QED) is 0.0344. The van der Waals surface area contributed by atoms with Gasteiger partial charge in [0.2, 0.25) is 0 Å². The summed E-state index contributed by atoms with van der Waals surface area (Å²) >= 11 is 0. The summed E-state index contributed by atoms with van der Waals surface area (Å²) in [5, 5.41) is 0. The van der Waals surface area contributed by atoms with Crippen molar-refractivity contribution in [3.05, 3.63) is 0 Å². The summed E-state index contributed by atoms with van der Waals surface area (Å²) in [5.74, 6) is 0.861. The molecule has 0 radical (unpaired) electrons. The minimum Gasteiger partial charge on any atom is -0.462 e. The van der Waals surface area contributed by atoms with Gasteiger partial charge in [-0.1, -0.05) is 272 Å². The van der Waals surface area contributed by atoms with Gasteiger partial charge in [-0.25, -0.2) is 0 Å². The predicted octanol–water partition coefficient (Wildman–Crippen LogP) is 18.1.